The van der Waals surface area contributed by atoms with Crippen LogP contribution < -0.4 is 10.6 Å². The number of hydrogen-bond donors (Lipinski definition) is 2. The minimum Gasteiger partial charge on any atom is -0.377 e. The van der Waals surface area contributed by atoms with Crippen LogP contribution in [0.15, 0.2) is 4.99 Å². The van der Waals surface area contributed by atoms with Gasteiger partial charge in [0.15, 0.2) is 5.96 Å². The van der Waals surface area contributed by atoms with Gasteiger partial charge in [-0.05, 0) is 27.7 Å². The minimum atomic E-state index is 0. The van der Waals surface area contributed by atoms with Crippen molar-refractivity contribution in [1.29, 1.82) is 0 Å². The maximum Gasteiger partial charge on any atom is 0.191 e. The van der Waals surface area contributed by atoms with Crippen LogP contribution in [0, 0.1) is 0 Å². The van der Waals surface area contributed by atoms with Crippen molar-refractivity contribution in [3.63, 3.8) is 0 Å². The lowest BCUT2D eigenvalue weighted by Crippen LogP contribution is -2.37. The average Bonchev–Trinajstić information content (AvgIpc) is 2.12. The molecule has 0 saturated carbocycles. The molecule has 0 bridgehead atoms. The van der Waals surface area contributed by atoms with E-state index in [1.165, 1.54) is 0 Å². The van der Waals surface area contributed by atoms with Crippen LogP contribution in [0.5, 0.6) is 0 Å². The van der Waals surface area contributed by atoms with Gasteiger partial charge in [-0.1, -0.05) is 0 Å². The van der Waals surface area contributed by atoms with Gasteiger partial charge in [-0.25, -0.2) is 0 Å². The number of ether oxygens (including phenoxy) is 1. The smallest absolute Gasteiger partial charge is 0.191 e. The highest BCUT2D eigenvalue weighted by Gasteiger charge is 1.94. The Labute approximate surface area is 110 Å². The molecule has 0 atom stereocenters. The first-order valence-electron chi connectivity index (χ1n) is 5.34. The van der Waals surface area contributed by atoms with Crippen LogP contribution in [0.4, 0.5) is 0 Å². The molecule has 0 fully saturated rings. The number of guanidine groups is 1. The van der Waals surface area contributed by atoms with E-state index in [4.69, 9.17) is 4.74 Å². The second-order valence-corrected chi connectivity index (χ2v) is 3.21. The summed E-state index contributed by atoms with van der Waals surface area (Å²) < 4.78 is 5.39. The van der Waals surface area contributed by atoms with E-state index in [2.05, 4.69) is 29.5 Å². The lowest BCUT2D eigenvalue weighted by atomic mass is 10.5. The Bertz CT molecular complexity index is 155. The van der Waals surface area contributed by atoms with E-state index in [0.717, 1.165) is 19.0 Å². The van der Waals surface area contributed by atoms with Crippen molar-refractivity contribution < 1.29 is 4.74 Å². The zero-order valence-electron chi connectivity index (χ0n) is 10.2. The Hall–Kier alpha value is -0.0400. The molecule has 0 aromatic heterocycles. The molecule has 4 nitrogen and oxygen atoms in total. The molecule has 0 unspecified atom stereocenters. The molecule has 0 aromatic rings. The van der Waals surface area contributed by atoms with Gasteiger partial charge in [-0.3, -0.25) is 4.99 Å². The first-order valence-corrected chi connectivity index (χ1v) is 5.34. The van der Waals surface area contributed by atoms with Crippen molar-refractivity contribution in [2.24, 2.45) is 4.99 Å². The Kier molecular flexibility index (Phi) is 13.9. The van der Waals surface area contributed by atoms with Crippen molar-refractivity contribution >= 4 is 29.9 Å². The van der Waals surface area contributed by atoms with Crippen molar-refractivity contribution in [2.45, 2.75) is 33.8 Å². The highest BCUT2D eigenvalue weighted by molar-refractivity contribution is 14.0. The molecular formula is C10H24IN3O. The normalized spacial score (nSPS) is 9.40. The SMILES string of the molecule is CCNC(=NCCOC(C)C)NCC.I. The summed E-state index contributed by atoms with van der Waals surface area (Å²) in [7, 11) is 0. The molecule has 0 spiro atoms. The molecule has 15 heavy (non-hydrogen) atoms. The van der Waals surface area contributed by atoms with Crippen LogP contribution in [-0.4, -0.2) is 38.3 Å². The number of nitrogens with one attached hydrogen (secondary N) is 2. The van der Waals surface area contributed by atoms with Gasteiger partial charge in [-0.15, -0.1) is 24.0 Å². The number of nitrogens with zero attached hydrogens (tertiary/aromatic N) is 1. The Morgan fingerprint density at radius 1 is 1.20 bits per heavy atom. The molecule has 0 rings (SSSR count). The second-order valence-electron chi connectivity index (χ2n) is 3.21. The van der Waals surface area contributed by atoms with Crippen molar-refractivity contribution in [3.8, 4) is 0 Å². The summed E-state index contributed by atoms with van der Waals surface area (Å²) in [5, 5.41) is 6.31. The molecule has 5 heteroatoms. The summed E-state index contributed by atoms with van der Waals surface area (Å²) in [6.45, 7) is 11.3. The minimum absolute atomic E-state index is 0. The first-order chi connectivity index (χ1) is 6.70. The predicted molar refractivity (Wildman–Crippen MR) is 76.2 cm³/mol. The fourth-order valence-corrected chi connectivity index (χ4v) is 0.955. The number of halogens is 1. The van der Waals surface area contributed by atoms with Crippen LogP contribution >= 0.6 is 24.0 Å². The van der Waals surface area contributed by atoms with E-state index in [-0.39, 0.29) is 30.1 Å². The van der Waals surface area contributed by atoms with Gasteiger partial charge in [0.1, 0.15) is 0 Å². The molecule has 0 radical (unpaired) electrons. The molecule has 0 amide bonds. The molecular weight excluding hydrogens is 305 g/mol. The van der Waals surface area contributed by atoms with Crippen LogP contribution in [0.3, 0.4) is 0 Å². The van der Waals surface area contributed by atoms with E-state index < -0.39 is 0 Å². The Morgan fingerprint density at radius 3 is 2.13 bits per heavy atom. The van der Waals surface area contributed by atoms with E-state index >= 15 is 0 Å². The molecule has 0 aliphatic heterocycles. The molecule has 0 heterocycles. The lowest BCUT2D eigenvalue weighted by molar-refractivity contribution is 0.0853. The molecule has 0 saturated heterocycles. The number of hydrogen-bond acceptors (Lipinski definition) is 2. The van der Waals surface area contributed by atoms with Gasteiger partial charge in [0.25, 0.3) is 0 Å². The van der Waals surface area contributed by atoms with Gasteiger partial charge >= 0.3 is 0 Å². The molecule has 0 aliphatic rings. The highest BCUT2D eigenvalue weighted by Crippen LogP contribution is 1.86. The van der Waals surface area contributed by atoms with Crippen molar-refractivity contribution in [1.82, 2.24) is 10.6 Å². The van der Waals surface area contributed by atoms with Crippen LogP contribution in [0.25, 0.3) is 0 Å². The maximum atomic E-state index is 5.39. The van der Waals surface area contributed by atoms with Crippen molar-refractivity contribution in [2.75, 3.05) is 26.2 Å². The standard InChI is InChI=1S/C10H23N3O.HI/c1-5-11-10(12-6-2)13-7-8-14-9(3)4;/h9H,5-8H2,1-4H3,(H2,11,12,13);1H. The first kappa shape index (κ1) is 17.4. The third-order valence-corrected chi connectivity index (χ3v) is 1.50. The summed E-state index contributed by atoms with van der Waals surface area (Å²) in [6, 6.07) is 0. The zero-order chi connectivity index (χ0) is 10.8. The van der Waals surface area contributed by atoms with E-state index in [1.54, 1.807) is 0 Å². The molecule has 2 N–H and O–H groups in total. The van der Waals surface area contributed by atoms with E-state index in [0.29, 0.717) is 13.2 Å². The van der Waals surface area contributed by atoms with E-state index in [9.17, 15) is 0 Å². The fraction of sp³-hybridized carbons (Fsp3) is 0.900. The lowest BCUT2D eigenvalue weighted by Gasteiger charge is -2.09. The summed E-state index contributed by atoms with van der Waals surface area (Å²) in [5.41, 5.74) is 0. The van der Waals surface area contributed by atoms with Gasteiger partial charge < -0.3 is 15.4 Å². The third kappa shape index (κ3) is 11.9. The van der Waals surface area contributed by atoms with Crippen LogP contribution in [-0.2, 0) is 4.74 Å². The average molecular weight is 329 g/mol. The predicted octanol–water partition coefficient (Wildman–Crippen LogP) is 1.60. The third-order valence-electron chi connectivity index (χ3n) is 1.50. The van der Waals surface area contributed by atoms with Gasteiger partial charge in [0, 0.05) is 13.1 Å². The second kappa shape index (κ2) is 12.0. The quantitative estimate of drug-likeness (QED) is 0.337. The zero-order valence-corrected chi connectivity index (χ0v) is 12.5. The monoisotopic (exact) mass is 329 g/mol. The van der Waals surface area contributed by atoms with Gasteiger partial charge in [0.2, 0.25) is 0 Å². The van der Waals surface area contributed by atoms with Crippen LogP contribution in [0.2, 0.25) is 0 Å². The molecule has 0 aliphatic carbocycles. The fourth-order valence-electron chi connectivity index (χ4n) is 0.955. The van der Waals surface area contributed by atoms with Crippen molar-refractivity contribution in [3.05, 3.63) is 0 Å². The molecule has 0 aromatic carbocycles. The topological polar surface area (TPSA) is 45.7 Å². The summed E-state index contributed by atoms with van der Waals surface area (Å²) in [5.74, 6) is 0.863. The Balaban J connectivity index is 0. The van der Waals surface area contributed by atoms with Gasteiger partial charge in [-0.2, -0.15) is 0 Å². The number of rotatable bonds is 6. The summed E-state index contributed by atoms with van der Waals surface area (Å²) >= 11 is 0. The maximum absolute atomic E-state index is 5.39. The van der Waals surface area contributed by atoms with Gasteiger partial charge in [0.05, 0.1) is 19.3 Å². The summed E-state index contributed by atoms with van der Waals surface area (Å²) in [4.78, 5) is 4.34. The van der Waals surface area contributed by atoms with E-state index in [1.807, 2.05) is 13.8 Å². The summed E-state index contributed by atoms with van der Waals surface area (Å²) in [6.07, 6.45) is 0.284. The number of aliphatic imine (C=N–C) groups is 1. The largest absolute Gasteiger partial charge is 0.377 e. The van der Waals surface area contributed by atoms with Crippen LogP contribution in [0.1, 0.15) is 27.7 Å². The molecule has 92 valence electrons. The Morgan fingerprint density at radius 2 is 1.73 bits per heavy atom. The highest BCUT2D eigenvalue weighted by atomic mass is 127.